The van der Waals surface area contributed by atoms with Gasteiger partial charge in [-0.3, -0.25) is 5.10 Å². The highest BCUT2D eigenvalue weighted by Gasteiger charge is 2.23. The van der Waals surface area contributed by atoms with Gasteiger partial charge in [-0.05, 0) is 61.7 Å². The summed E-state index contributed by atoms with van der Waals surface area (Å²) < 4.78 is 21.5. The minimum absolute atomic E-state index is 0.201. The van der Waals surface area contributed by atoms with Crippen LogP contribution in [0.3, 0.4) is 0 Å². The lowest BCUT2D eigenvalue weighted by molar-refractivity contribution is 0.0842. The molecule has 5 heteroatoms. The number of fused-ring (bicyclic) bond motifs is 2. The van der Waals surface area contributed by atoms with Crippen LogP contribution in [0.15, 0.2) is 42.6 Å². The molecule has 0 amide bonds. The molecule has 26 heavy (non-hydrogen) atoms. The zero-order chi connectivity index (χ0) is 17.7. The van der Waals surface area contributed by atoms with Gasteiger partial charge in [-0.2, -0.15) is 5.10 Å². The molecule has 1 aliphatic rings. The normalized spacial score (nSPS) is 15.9. The Morgan fingerprint density at radius 3 is 2.77 bits per heavy atom. The Labute approximate surface area is 150 Å². The van der Waals surface area contributed by atoms with Crippen molar-refractivity contribution in [3.63, 3.8) is 0 Å². The standard InChI is InChI=1S/C21H20FN3O/c1-13-8-17(22)2-3-19(13)25-20(14-4-6-26-7-5-14)10-15-9-18-16(11-21(15)25)12-23-24-18/h2-3,8-12,14H,4-7H2,1H3,(H,23,24). The number of ether oxygens (including phenoxy) is 1. The monoisotopic (exact) mass is 349 g/mol. The molecular formula is C21H20FN3O. The Balaban J connectivity index is 1.81. The first-order valence-electron chi connectivity index (χ1n) is 9.03. The lowest BCUT2D eigenvalue weighted by Crippen LogP contribution is -2.17. The minimum Gasteiger partial charge on any atom is -0.381 e. The van der Waals surface area contributed by atoms with Crippen LogP contribution in [0.25, 0.3) is 27.5 Å². The zero-order valence-electron chi connectivity index (χ0n) is 14.6. The summed E-state index contributed by atoms with van der Waals surface area (Å²) in [5, 5.41) is 9.45. The first-order chi connectivity index (χ1) is 12.7. The van der Waals surface area contributed by atoms with Crippen LogP contribution in [-0.4, -0.2) is 28.0 Å². The lowest BCUT2D eigenvalue weighted by atomic mass is 9.96. The molecule has 0 aliphatic carbocycles. The zero-order valence-corrected chi connectivity index (χ0v) is 14.6. The SMILES string of the molecule is Cc1cc(F)ccc1-n1c(C2CCOCC2)cc2cc3[nH]ncc3cc21. The van der Waals surface area contributed by atoms with Gasteiger partial charge in [0, 0.05) is 41.3 Å². The Morgan fingerprint density at radius 1 is 1.12 bits per heavy atom. The summed E-state index contributed by atoms with van der Waals surface area (Å²) in [7, 11) is 0. The van der Waals surface area contributed by atoms with Gasteiger partial charge in [-0.25, -0.2) is 4.39 Å². The van der Waals surface area contributed by atoms with Crippen LogP contribution in [-0.2, 0) is 4.74 Å². The second-order valence-electron chi connectivity index (χ2n) is 7.09. The molecule has 0 atom stereocenters. The van der Waals surface area contributed by atoms with E-state index in [4.69, 9.17) is 4.74 Å². The van der Waals surface area contributed by atoms with Gasteiger partial charge in [0.2, 0.25) is 0 Å². The van der Waals surface area contributed by atoms with Gasteiger partial charge >= 0.3 is 0 Å². The third-order valence-corrected chi connectivity index (χ3v) is 5.43. The summed E-state index contributed by atoms with van der Waals surface area (Å²) in [5.74, 6) is 0.240. The maximum Gasteiger partial charge on any atom is 0.123 e. The van der Waals surface area contributed by atoms with Crippen LogP contribution in [0.2, 0.25) is 0 Å². The van der Waals surface area contributed by atoms with Crippen molar-refractivity contribution in [3.8, 4) is 5.69 Å². The molecule has 1 fully saturated rings. The molecule has 0 radical (unpaired) electrons. The van der Waals surface area contributed by atoms with Gasteiger partial charge in [-0.1, -0.05) is 0 Å². The Bertz CT molecular complexity index is 1110. The molecule has 132 valence electrons. The Hall–Kier alpha value is -2.66. The van der Waals surface area contributed by atoms with E-state index in [2.05, 4.69) is 33.0 Å². The summed E-state index contributed by atoms with van der Waals surface area (Å²) >= 11 is 0. The van der Waals surface area contributed by atoms with E-state index in [9.17, 15) is 4.39 Å². The highest BCUT2D eigenvalue weighted by Crippen LogP contribution is 2.36. The smallest absolute Gasteiger partial charge is 0.123 e. The number of aromatic nitrogens is 3. The highest BCUT2D eigenvalue weighted by molar-refractivity contribution is 5.96. The van der Waals surface area contributed by atoms with E-state index in [-0.39, 0.29) is 5.82 Å². The number of H-pyrrole nitrogens is 1. The van der Waals surface area contributed by atoms with E-state index in [0.29, 0.717) is 5.92 Å². The van der Waals surface area contributed by atoms with Crippen LogP contribution in [0.5, 0.6) is 0 Å². The molecule has 4 nitrogen and oxygen atoms in total. The number of aromatic amines is 1. The lowest BCUT2D eigenvalue weighted by Gasteiger charge is -2.24. The average Bonchev–Trinajstić information content (AvgIpc) is 3.24. The van der Waals surface area contributed by atoms with Crippen molar-refractivity contribution >= 4 is 21.8 Å². The largest absolute Gasteiger partial charge is 0.381 e. The van der Waals surface area contributed by atoms with E-state index in [1.165, 1.54) is 17.1 Å². The number of nitrogens with one attached hydrogen (secondary N) is 1. The van der Waals surface area contributed by atoms with Crippen LogP contribution >= 0.6 is 0 Å². The second-order valence-corrected chi connectivity index (χ2v) is 7.09. The summed E-state index contributed by atoms with van der Waals surface area (Å²) in [6, 6.07) is 11.6. The Morgan fingerprint density at radius 2 is 1.96 bits per heavy atom. The molecular weight excluding hydrogens is 329 g/mol. The number of rotatable bonds is 2. The first-order valence-corrected chi connectivity index (χ1v) is 9.03. The summed E-state index contributed by atoms with van der Waals surface area (Å²) in [6.07, 6.45) is 3.86. The van der Waals surface area contributed by atoms with Gasteiger partial charge < -0.3 is 9.30 Å². The molecule has 0 saturated carbocycles. The van der Waals surface area contributed by atoms with Crippen molar-refractivity contribution in [2.24, 2.45) is 0 Å². The molecule has 1 N–H and O–H groups in total. The summed E-state index contributed by atoms with van der Waals surface area (Å²) in [4.78, 5) is 0. The van der Waals surface area contributed by atoms with Gasteiger partial charge in [0.05, 0.1) is 17.2 Å². The molecule has 2 aromatic heterocycles. The number of benzene rings is 2. The molecule has 1 aliphatic heterocycles. The molecule has 5 rings (SSSR count). The number of hydrogen-bond acceptors (Lipinski definition) is 2. The third-order valence-electron chi connectivity index (χ3n) is 5.43. The van der Waals surface area contributed by atoms with Crippen molar-refractivity contribution < 1.29 is 9.13 Å². The average molecular weight is 349 g/mol. The number of hydrogen-bond donors (Lipinski definition) is 1. The van der Waals surface area contributed by atoms with Crippen molar-refractivity contribution in [2.45, 2.75) is 25.7 Å². The van der Waals surface area contributed by atoms with Crippen molar-refractivity contribution in [1.29, 1.82) is 0 Å². The fraction of sp³-hybridized carbons (Fsp3) is 0.286. The van der Waals surface area contributed by atoms with Crippen molar-refractivity contribution in [2.75, 3.05) is 13.2 Å². The first kappa shape index (κ1) is 15.6. The quantitative estimate of drug-likeness (QED) is 0.562. The van der Waals surface area contributed by atoms with E-state index in [1.54, 1.807) is 6.07 Å². The second kappa shape index (κ2) is 5.95. The van der Waals surface area contributed by atoms with Crippen molar-refractivity contribution in [3.05, 3.63) is 59.7 Å². The molecule has 1 saturated heterocycles. The van der Waals surface area contributed by atoms with Crippen LogP contribution < -0.4 is 0 Å². The Kier molecular flexibility index (Phi) is 3.57. The maximum absolute atomic E-state index is 13.7. The fourth-order valence-electron chi connectivity index (χ4n) is 4.10. The summed E-state index contributed by atoms with van der Waals surface area (Å²) in [6.45, 7) is 3.55. The topological polar surface area (TPSA) is 42.8 Å². The van der Waals surface area contributed by atoms with E-state index >= 15 is 0 Å². The number of nitrogens with zero attached hydrogens (tertiary/aromatic N) is 2. The molecule has 4 aromatic rings. The number of halogens is 1. The number of aryl methyl sites for hydroxylation is 1. The molecule has 0 spiro atoms. The van der Waals surface area contributed by atoms with Crippen LogP contribution in [0, 0.1) is 12.7 Å². The molecule has 0 bridgehead atoms. The van der Waals surface area contributed by atoms with Gasteiger partial charge in [0.25, 0.3) is 0 Å². The predicted octanol–water partition coefficient (Wildman–Crippen LogP) is 4.85. The predicted molar refractivity (Wildman–Crippen MR) is 100 cm³/mol. The van der Waals surface area contributed by atoms with Gasteiger partial charge in [0.1, 0.15) is 5.82 Å². The van der Waals surface area contributed by atoms with Crippen molar-refractivity contribution in [1.82, 2.24) is 14.8 Å². The van der Waals surface area contributed by atoms with Crippen LogP contribution in [0.4, 0.5) is 4.39 Å². The minimum atomic E-state index is -0.201. The van der Waals surface area contributed by atoms with E-state index < -0.39 is 0 Å². The van der Waals surface area contributed by atoms with Crippen LogP contribution in [0.1, 0.15) is 30.0 Å². The fourth-order valence-corrected chi connectivity index (χ4v) is 4.10. The third kappa shape index (κ3) is 2.42. The highest BCUT2D eigenvalue weighted by atomic mass is 19.1. The summed E-state index contributed by atoms with van der Waals surface area (Å²) in [5.41, 5.74) is 5.41. The maximum atomic E-state index is 13.7. The molecule has 3 heterocycles. The van der Waals surface area contributed by atoms with Gasteiger partial charge in [0.15, 0.2) is 0 Å². The molecule has 2 aromatic carbocycles. The van der Waals surface area contributed by atoms with Gasteiger partial charge in [-0.15, -0.1) is 0 Å². The van der Waals surface area contributed by atoms with E-state index in [1.807, 2.05) is 19.2 Å². The van der Waals surface area contributed by atoms with E-state index in [0.717, 1.165) is 53.7 Å². The molecule has 0 unspecified atom stereocenters.